The van der Waals surface area contributed by atoms with Gasteiger partial charge in [-0.15, -0.1) is 0 Å². The summed E-state index contributed by atoms with van der Waals surface area (Å²) in [4.78, 5) is 0. The van der Waals surface area contributed by atoms with Gasteiger partial charge in [-0.2, -0.15) is 0 Å². The van der Waals surface area contributed by atoms with Gasteiger partial charge in [-0.25, -0.2) is 4.39 Å². The number of hydrogen-bond donors (Lipinski definition) is 1. The molecule has 0 saturated heterocycles. The van der Waals surface area contributed by atoms with E-state index >= 15 is 0 Å². The maximum absolute atomic E-state index is 13.9. The van der Waals surface area contributed by atoms with Crippen LogP contribution in [0.25, 0.3) is 0 Å². The molecule has 0 heterocycles. The third kappa shape index (κ3) is 3.82. The van der Waals surface area contributed by atoms with Gasteiger partial charge in [0, 0.05) is 0 Å². The molecule has 2 aromatic carbocycles. The molecule has 2 rings (SSSR count). The van der Waals surface area contributed by atoms with Crippen molar-refractivity contribution in [2.75, 3.05) is 13.7 Å². The average Bonchev–Trinajstić information content (AvgIpc) is 2.51. The molecule has 0 fully saturated rings. The van der Waals surface area contributed by atoms with E-state index in [0.29, 0.717) is 5.56 Å². The van der Waals surface area contributed by atoms with Crippen molar-refractivity contribution in [1.82, 2.24) is 5.32 Å². The molecule has 0 radical (unpaired) electrons. The summed E-state index contributed by atoms with van der Waals surface area (Å²) in [6.07, 6.45) is 1.02. The van der Waals surface area contributed by atoms with Crippen molar-refractivity contribution in [3.63, 3.8) is 0 Å². The Kier molecular flexibility index (Phi) is 5.34. The Morgan fingerprint density at radius 1 is 1.14 bits per heavy atom. The molecule has 0 bridgehead atoms. The van der Waals surface area contributed by atoms with E-state index in [-0.39, 0.29) is 11.9 Å². The molecule has 0 spiro atoms. The maximum Gasteiger partial charge on any atom is 0.126 e. The first kappa shape index (κ1) is 15.5. The molecule has 3 heteroatoms. The van der Waals surface area contributed by atoms with E-state index in [1.807, 2.05) is 36.4 Å². The van der Waals surface area contributed by atoms with Crippen LogP contribution in [0.15, 0.2) is 42.5 Å². The zero-order chi connectivity index (χ0) is 15.2. The minimum absolute atomic E-state index is 0.0323. The number of methoxy groups -OCH3 is 1. The fourth-order valence-corrected chi connectivity index (χ4v) is 2.33. The van der Waals surface area contributed by atoms with E-state index in [0.717, 1.165) is 29.8 Å². The van der Waals surface area contributed by atoms with E-state index in [4.69, 9.17) is 4.74 Å². The second-order valence-corrected chi connectivity index (χ2v) is 5.17. The van der Waals surface area contributed by atoms with E-state index in [1.165, 1.54) is 0 Å². The van der Waals surface area contributed by atoms with Crippen LogP contribution in [0.3, 0.4) is 0 Å². The lowest BCUT2D eigenvalue weighted by molar-refractivity contribution is 0.413. The highest BCUT2D eigenvalue weighted by molar-refractivity contribution is 5.37. The van der Waals surface area contributed by atoms with Crippen molar-refractivity contribution in [1.29, 1.82) is 0 Å². The predicted octanol–water partition coefficient (Wildman–Crippen LogP) is 4.23. The van der Waals surface area contributed by atoms with Crippen LogP contribution in [-0.2, 0) is 0 Å². The molecule has 0 aromatic heterocycles. The second-order valence-electron chi connectivity index (χ2n) is 5.17. The van der Waals surface area contributed by atoms with Gasteiger partial charge >= 0.3 is 0 Å². The largest absolute Gasteiger partial charge is 0.497 e. The molecule has 1 N–H and O–H groups in total. The fourth-order valence-electron chi connectivity index (χ4n) is 2.33. The molecule has 0 amide bonds. The third-order valence-corrected chi connectivity index (χ3v) is 3.55. The zero-order valence-corrected chi connectivity index (χ0v) is 12.8. The molecule has 21 heavy (non-hydrogen) atoms. The standard InChI is InChI=1S/C18H22FNO/c1-4-10-20-18(14-6-5-7-16(11-14)21-3)15-9-8-13(2)17(19)12-15/h5-9,11-12,18,20H,4,10H2,1-3H3. The lowest BCUT2D eigenvalue weighted by Gasteiger charge is -2.20. The van der Waals surface area contributed by atoms with Gasteiger partial charge < -0.3 is 10.1 Å². The molecule has 2 aromatic rings. The monoisotopic (exact) mass is 287 g/mol. The van der Waals surface area contributed by atoms with Gasteiger partial charge in [-0.3, -0.25) is 0 Å². The highest BCUT2D eigenvalue weighted by Crippen LogP contribution is 2.26. The van der Waals surface area contributed by atoms with Gasteiger partial charge in [0.2, 0.25) is 0 Å². The molecule has 0 aliphatic rings. The Hall–Kier alpha value is -1.87. The molecular formula is C18H22FNO. The molecule has 0 aliphatic heterocycles. The van der Waals surface area contributed by atoms with Crippen LogP contribution in [0.1, 0.15) is 36.1 Å². The summed E-state index contributed by atoms with van der Waals surface area (Å²) >= 11 is 0. The molecule has 1 unspecified atom stereocenters. The Morgan fingerprint density at radius 3 is 2.57 bits per heavy atom. The van der Waals surface area contributed by atoms with Crippen molar-refractivity contribution in [3.05, 3.63) is 65.0 Å². The Morgan fingerprint density at radius 2 is 1.90 bits per heavy atom. The van der Waals surface area contributed by atoms with Crippen LogP contribution in [0.4, 0.5) is 4.39 Å². The Bertz CT molecular complexity index is 598. The van der Waals surface area contributed by atoms with E-state index in [9.17, 15) is 4.39 Å². The van der Waals surface area contributed by atoms with Crippen LogP contribution in [0.5, 0.6) is 5.75 Å². The Labute approximate surface area is 126 Å². The van der Waals surface area contributed by atoms with E-state index in [1.54, 1.807) is 20.1 Å². The van der Waals surface area contributed by atoms with Gasteiger partial charge in [0.15, 0.2) is 0 Å². The van der Waals surface area contributed by atoms with E-state index < -0.39 is 0 Å². The van der Waals surface area contributed by atoms with Crippen molar-refractivity contribution < 1.29 is 9.13 Å². The van der Waals surface area contributed by atoms with Crippen LogP contribution < -0.4 is 10.1 Å². The summed E-state index contributed by atoms with van der Waals surface area (Å²) < 4.78 is 19.2. The third-order valence-electron chi connectivity index (χ3n) is 3.55. The van der Waals surface area contributed by atoms with Crippen LogP contribution in [0, 0.1) is 12.7 Å². The average molecular weight is 287 g/mol. The quantitative estimate of drug-likeness (QED) is 0.858. The van der Waals surface area contributed by atoms with Crippen molar-refractivity contribution >= 4 is 0 Å². The van der Waals surface area contributed by atoms with Crippen molar-refractivity contribution in [2.24, 2.45) is 0 Å². The normalized spacial score (nSPS) is 12.2. The fraction of sp³-hybridized carbons (Fsp3) is 0.333. The molecule has 2 nitrogen and oxygen atoms in total. The molecule has 112 valence electrons. The number of ether oxygens (including phenoxy) is 1. The molecular weight excluding hydrogens is 265 g/mol. The molecule has 0 aliphatic carbocycles. The lowest BCUT2D eigenvalue weighted by atomic mass is 9.97. The number of benzene rings is 2. The summed E-state index contributed by atoms with van der Waals surface area (Å²) in [6, 6.07) is 13.3. The number of nitrogens with one attached hydrogen (secondary N) is 1. The summed E-state index contributed by atoms with van der Waals surface area (Å²) in [7, 11) is 1.65. The van der Waals surface area contributed by atoms with Gasteiger partial charge in [0.25, 0.3) is 0 Å². The van der Waals surface area contributed by atoms with Gasteiger partial charge in [-0.05, 0) is 54.8 Å². The smallest absolute Gasteiger partial charge is 0.126 e. The predicted molar refractivity (Wildman–Crippen MR) is 84.3 cm³/mol. The summed E-state index contributed by atoms with van der Waals surface area (Å²) in [5.41, 5.74) is 2.67. The Balaban J connectivity index is 2.38. The van der Waals surface area contributed by atoms with Crippen LogP contribution >= 0.6 is 0 Å². The SMILES string of the molecule is CCCNC(c1cccc(OC)c1)c1ccc(C)c(F)c1. The highest BCUT2D eigenvalue weighted by atomic mass is 19.1. The summed E-state index contributed by atoms with van der Waals surface area (Å²) in [5.74, 6) is 0.641. The summed E-state index contributed by atoms with van der Waals surface area (Å²) in [5, 5.41) is 3.48. The minimum Gasteiger partial charge on any atom is -0.497 e. The second kappa shape index (κ2) is 7.23. The van der Waals surface area contributed by atoms with Crippen LogP contribution in [0.2, 0.25) is 0 Å². The first-order valence-electron chi connectivity index (χ1n) is 7.29. The minimum atomic E-state index is -0.168. The number of rotatable bonds is 6. The van der Waals surface area contributed by atoms with Gasteiger partial charge in [-0.1, -0.05) is 31.2 Å². The first-order valence-corrected chi connectivity index (χ1v) is 7.29. The molecule has 1 atom stereocenters. The molecule has 0 saturated carbocycles. The number of hydrogen-bond acceptors (Lipinski definition) is 2. The zero-order valence-electron chi connectivity index (χ0n) is 12.8. The van der Waals surface area contributed by atoms with Crippen LogP contribution in [-0.4, -0.2) is 13.7 Å². The topological polar surface area (TPSA) is 21.3 Å². The highest BCUT2D eigenvalue weighted by Gasteiger charge is 2.15. The van der Waals surface area contributed by atoms with Crippen molar-refractivity contribution in [3.8, 4) is 5.75 Å². The maximum atomic E-state index is 13.9. The summed E-state index contributed by atoms with van der Waals surface area (Å²) in [6.45, 7) is 4.77. The lowest BCUT2D eigenvalue weighted by Crippen LogP contribution is -2.23. The number of aryl methyl sites for hydroxylation is 1. The van der Waals surface area contributed by atoms with E-state index in [2.05, 4.69) is 12.2 Å². The number of halogens is 1. The first-order chi connectivity index (χ1) is 10.2. The van der Waals surface area contributed by atoms with Crippen molar-refractivity contribution in [2.45, 2.75) is 26.3 Å². The van der Waals surface area contributed by atoms with Gasteiger partial charge in [0.05, 0.1) is 13.2 Å². The van der Waals surface area contributed by atoms with Gasteiger partial charge in [0.1, 0.15) is 11.6 Å².